The zero-order valence-corrected chi connectivity index (χ0v) is 36.2. The van der Waals surface area contributed by atoms with Gasteiger partial charge in [0, 0.05) is 39.8 Å². The number of carbonyl (C=O) groups excluding carboxylic acids is 1. The molecule has 0 spiro atoms. The third kappa shape index (κ3) is 8.58. The van der Waals surface area contributed by atoms with E-state index in [1.807, 2.05) is 0 Å². The molecular weight excluding hydrogens is 899 g/mol. The number of anilines is 1. The molecular formula is C42H43F8N7O5S2. The second kappa shape index (κ2) is 16.4. The Labute approximate surface area is 362 Å². The molecule has 22 heteroatoms. The van der Waals surface area contributed by atoms with Gasteiger partial charge in [-0.1, -0.05) is 18.2 Å². The number of hydrogen-bond donors (Lipinski definition) is 2. The smallest absolute Gasteiger partial charge is 0.293 e. The molecule has 1 amide bonds. The number of halogens is 8. The number of hydrogen-bond acceptors (Lipinski definition) is 8. The molecule has 3 aromatic heterocycles. The van der Waals surface area contributed by atoms with Crippen molar-refractivity contribution >= 4 is 42.5 Å². The predicted octanol–water partition coefficient (Wildman–Crippen LogP) is 8.13. The summed E-state index contributed by atoms with van der Waals surface area (Å²) in [5, 5.41) is 10.2. The van der Waals surface area contributed by atoms with Crippen LogP contribution in [0.5, 0.6) is 0 Å². The molecule has 3 aliphatic carbocycles. The first-order valence-corrected chi connectivity index (χ1v) is 23.7. The van der Waals surface area contributed by atoms with Crippen LogP contribution < -0.4 is 10.0 Å². The number of para-hydroxylation sites is 1. The molecule has 0 unspecified atom stereocenters. The van der Waals surface area contributed by atoms with Crippen molar-refractivity contribution in [2.24, 2.45) is 5.92 Å². The Balaban J connectivity index is 1.27. The lowest BCUT2D eigenvalue weighted by atomic mass is 9.93. The van der Waals surface area contributed by atoms with E-state index in [4.69, 9.17) is 4.98 Å². The van der Waals surface area contributed by atoms with E-state index in [1.165, 1.54) is 31.2 Å². The Morgan fingerprint density at radius 3 is 2.28 bits per heavy atom. The predicted molar refractivity (Wildman–Crippen MR) is 219 cm³/mol. The number of nitrogens with zero attached hydrogens (tertiary/aromatic N) is 5. The summed E-state index contributed by atoms with van der Waals surface area (Å²) in [6.45, 7) is 2.55. The fraction of sp³-hybridized carbons (Fsp3) is 0.476. The van der Waals surface area contributed by atoms with Crippen molar-refractivity contribution in [1.82, 2.24) is 29.9 Å². The molecule has 3 heterocycles. The third-order valence-electron chi connectivity index (χ3n) is 12.2. The Morgan fingerprint density at radius 2 is 1.64 bits per heavy atom. The molecule has 3 atom stereocenters. The number of fused-ring (bicyclic) bond motifs is 4. The number of sulfone groups is 1. The van der Waals surface area contributed by atoms with Gasteiger partial charge in [0.2, 0.25) is 15.9 Å². The monoisotopic (exact) mass is 941 g/mol. The van der Waals surface area contributed by atoms with Crippen molar-refractivity contribution in [3.8, 4) is 11.1 Å². The molecule has 2 N–H and O–H groups in total. The van der Waals surface area contributed by atoms with Crippen molar-refractivity contribution in [3.63, 3.8) is 0 Å². The van der Waals surface area contributed by atoms with Crippen LogP contribution in [0.3, 0.4) is 0 Å². The third-order valence-corrected chi connectivity index (χ3v) is 16.5. The average Bonchev–Trinajstić information content (AvgIpc) is 4.13. The molecule has 0 radical (unpaired) electrons. The van der Waals surface area contributed by atoms with Gasteiger partial charge in [-0.15, -0.1) is 0 Å². The highest BCUT2D eigenvalue weighted by molar-refractivity contribution is 7.93. The van der Waals surface area contributed by atoms with Gasteiger partial charge in [0.05, 0.1) is 33.0 Å². The van der Waals surface area contributed by atoms with Crippen LogP contribution in [0, 0.1) is 17.6 Å². The Bertz CT molecular complexity index is 2860. The maximum atomic E-state index is 15.5. The lowest BCUT2D eigenvalue weighted by Gasteiger charge is -2.26. The number of carbonyl (C=O) groups is 1. The SMILES string of the molecule is CCS(=O)(=O)Nc1nn(CC(F)F)c2c(-c3ccc(CCC(C)(C)S(=O)(=O)C4CC4)nc3[C@H](Cc3cc(F)cc(F)c3)NC(=O)Cn3nc(C(F)F)c4c3C(F)(F)[C@@H]3C[C@H]43)cccc12. The average molecular weight is 942 g/mol. The minimum Gasteiger partial charge on any atom is -0.346 e. The van der Waals surface area contributed by atoms with Gasteiger partial charge in [-0.3, -0.25) is 23.9 Å². The molecule has 3 aliphatic rings. The molecule has 2 aromatic carbocycles. The van der Waals surface area contributed by atoms with Gasteiger partial charge < -0.3 is 5.32 Å². The number of rotatable bonds is 18. The highest BCUT2D eigenvalue weighted by Crippen LogP contribution is 2.68. The zero-order valence-electron chi connectivity index (χ0n) is 34.6. The molecule has 2 fully saturated rings. The van der Waals surface area contributed by atoms with Crippen molar-refractivity contribution < 1.29 is 56.8 Å². The van der Waals surface area contributed by atoms with Gasteiger partial charge in [-0.2, -0.15) is 19.0 Å². The number of nitrogens with one attached hydrogen (secondary N) is 2. The standard InChI is InChI=1S/C42H43F8N7O5S2/c1-4-63(59,60)55-40-28-7-5-6-27(37(28)56(54-40)19-32(45)46)26-11-8-24(12-13-41(2,3)64(61,62)25-9-10-25)51-35(26)31(16-21-14-22(43)17-23(44)15-21)52-33(58)20-57-38-34(36(53-57)39(47)48)29-18-30(29)42(38,49)50/h5-8,11,14-15,17,25,29-32,39H,4,9-10,12-13,16,18-20H2,1-3H3,(H,52,58)(H,54,55)/t29-,30+,31-/m0/s1. The number of benzene rings is 2. The maximum absolute atomic E-state index is 15.5. The first-order chi connectivity index (χ1) is 30.0. The van der Waals surface area contributed by atoms with Crippen molar-refractivity contribution in [2.75, 3.05) is 10.5 Å². The summed E-state index contributed by atoms with van der Waals surface area (Å²) in [6, 6.07) is 8.59. The molecule has 2 saturated carbocycles. The fourth-order valence-electron chi connectivity index (χ4n) is 8.70. The molecule has 0 bridgehead atoms. The highest BCUT2D eigenvalue weighted by atomic mass is 32.2. The first-order valence-electron chi connectivity index (χ1n) is 20.5. The first kappa shape index (κ1) is 45.4. The van der Waals surface area contributed by atoms with Crippen LogP contribution in [-0.2, 0) is 56.5 Å². The minimum absolute atomic E-state index is 0.00151. The van der Waals surface area contributed by atoms with Crippen molar-refractivity contribution in [1.29, 1.82) is 0 Å². The number of pyridine rings is 1. The molecule has 344 valence electrons. The van der Waals surface area contributed by atoms with E-state index in [0.29, 0.717) is 23.6 Å². The maximum Gasteiger partial charge on any atom is 0.293 e. The van der Waals surface area contributed by atoms with E-state index in [2.05, 4.69) is 20.2 Å². The van der Waals surface area contributed by atoms with Crippen LogP contribution in [0.15, 0.2) is 48.5 Å². The summed E-state index contributed by atoms with van der Waals surface area (Å²) in [4.78, 5) is 19.0. The summed E-state index contributed by atoms with van der Waals surface area (Å²) in [5.41, 5.74) is -1.53. The Kier molecular flexibility index (Phi) is 11.6. The van der Waals surface area contributed by atoms with Gasteiger partial charge in [0.15, 0.2) is 15.7 Å². The lowest BCUT2D eigenvalue weighted by Crippen LogP contribution is -2.36. The van der Waals surface area contributed by atoms with Crippen LogP contribution in [0.25, 0.3) is 22.0 Å². The highest BCUT2D eigenvalue weighted by Gasteiger charge is 2.67. The second-order valence-corrected chi connectivity index (χ2v) is 22.0. The molecule has 0 aliphatic heterocycles. The lowest BCUT2D eigenvalue weighted by molar-refractivity contribution is -0.123. The number of sulfonamides is 1. The molecule has 8 rings (SSSR count). The van der Waals surface area contributed by atoms with Gasteiger partial charge in [0.1, 0.15) is 36.1 Å². The molecule has 64 heavy (non-hydrogen) atoms. The topological polar surface area (TPSA) is 158 Å². The van der Waals surface area contributed by atoms with E-state index in [-0.39, 0.29) is 75.4 Å². The van der Waals surface area contributed by atoms with E-state index < -0.39 is 115 Å². The van der Waals surface area contributed by atoms with Gasteiger partial charge >= 0.3 is 0 Å². The fourth-order valence-corrected chi connectivity index (χ4v) is 11.3. The van der Waals surface area contributed by atoms with E-state index in [1.54, 1.807) is 19.9 Å². The molecule has 12 nitrogen and oxygen atoms in total. The molecule has 0 saturated heterocycles. The second-order valence-electron chi connectivity index (χ2n) is 17.1. The van der Waals surface area contributed by atoms with Gasteiger partial charge in [0.25, 0.3) is 18.8 Å². The van der Waals surface area contributed by atoms with Gasteiger partial charge in [-0.25, -0.2) is 43.2 Å². The molecule has 5 aromatic rings. The zero-order chi connectivity index (χ0) is 46.3. The van der Waals surface area contributed by atoms with Crippen LogP contribution in [-0.4, -0.2) is 69.5 Å². The van der Waals surface area contributed by atoms with Crippen LogP contribution in [0.4, 0.5) is 40.9 Å². The summed E-state index contributed by atoms with van der Waals surface area (Å²) in [6.07, 6.45) is -5.47. The summed E-state index contributed by atoms with van der Waals surface area (Å²) < 4.78 is 172. The van der Waals surface area contributed by atoms with E-state index >= 15 is 8.78 Å². The largest absolute Gasteiger partial charge is 0.346 e. The number of aromatic nitrogens is 5. The van der Waals surface area contributed by atoms with Crippen molar-refractivity contribution in [2.45, 2.75) is 113 Å². The number of alkyl halides is 6. The van der Waals surface area contributed by atoms with Crippen LogP contribution in [0.1, 0.15) is 98.7 Å². The number of amides is 1. The Morgan fingerprint density at radius 1 is 0.938 bits per heavy atom. The number of aryl methyl sites for hydroxylation is 1. The van der Waals surface area contributed by atoms with E-state index in [9.17, 15) is 48.0 Å². The summed E-state index contributed by atoms with van der Waals surface area (Å²) >= 11 is 0. The normalized spacial score (nSPS) is 18.7. The van der Waals surface area contributed by atoms with Gasteiger partial charge in [-0.05, 0) is 95.0 Å². The minimum atomic E-state index is -3.98. The Hall–Kier alpha value is -5.12. The van der Waals surface area contributed by atoms with Crippen LogP contribution in [0.2, 0.25) is 0 Å². The van der Waals surface area contributed by atoms with E-state index in [0.717, 1.165) is 16.8 Å². The quantitative estimate of drug-likeness (QED) is 0.0834. The van der Waals surface area contributed by atoms with Crippen LogP contribution >= 0.6 is 0 Å². The summed E-state index contributed by atoms with van der Waals surface area (Å²) in [5.74, 6) is -9.30. The van der Waals surface area contributed by atoms with Crippen molar-refractivity contribution in [3.05, 3.63) is 94.1 Å². The summed E-state index contributed by atoms with van der Waals surface area (Å²) in [7, 11) is -7.54.